The van der Waals surface area contributed by atoms with Crippen molar-refractivity contribution in [2.75, 3.05) is 12.3 Å². The molecule has 5 heteroatoms. The Kier molecular flexibility index (Phi) is 2.06. The van der Waals surface area contributed by atoms with E-state index in [4.69, 9.17) is 0 Å². The number of nitrogens with zero attached hydrogens (tertiary/aromatic N) is 1. The van der Waals surface area contributed by atoms with Crippen molar-refractivity contribution in [1.29, 1.82) is 0 Å². The molecule has 53 valence electrons. The lowest BCUT2D eigenvalue weighted by atomic mass is 10.5. The van der Waals surface area contributed by atoms with Crippen LogP contribution in [0, 0.1) is 0 Å². The molecule has 0 N–H and O–H groups in total. The molecule has 1 saturated heterocycles. The first-order chi connectivity index (χ1) is 4.75. The quantitative estimate of drug-likeness (QED) is 0.467. The van der Waals surface area contributed by atoms with Gasteiger partial charge in [0.1, 0.15) is 0 Å². The fraction of sp³-hybridized carbons (Fsp3) is 0.400. The van der Waals surface area contributed by atoms with E-state index >= 15 is 0 Å². The fourth-order valence-corrected chi connectivity index (χ4v) is 1.28. The van der Waals surface area contributed by atoms with Crippen LogP contribution < -0.4 is 0 Å². The standard InChI is InChI=1S/C5H4NO3S/c7-3-6-1-2-10-5(9)4(6)8/h1-2H2. The van der Waals surface area contributed by atoms with Gasteiger partial charge in [-0.05, 0) is 0 Å². The maximum atomic E-state index is 10.6. The molecule has 0 aromatic heterocycles. The van der Waals surface area contributed by atoms with E-state index in [1.54, 1.807) is 0 Å². The van der Waals surface area contributed by atoms with Crippen molar-refractivity contribution in [3.63, 3.8) is 0 Å². The van der Waals surface area contributed by atoms with E-state index in [2.05, 4.69) is 0 Å². The third-order valence-corrected chi connectivity index (χ3v) is 1.90. The van der Waals surface area contributed by atoms with Gasteiger partial charge in [0.2, 0.25) is 0 Å². The molecular weight excluding hydrogens is 154 g/mol. The summed E-state index contributed by atoms with van der Waals surface area (Å²) in [5, 5.41) is -0.574. The highest BCUT2D eigenvalue weighted by atomic mass is 32.2. The topological polar surface area (TPSA) is 54.5 Å². The largest absolute Gasteiger partial charge is 0.319 e. The average molecular weight is 158 g/mol. The monoisotopic (exact) mass is 158 g/mol. The number of amides is 2. The smallest absolute Gasteiger partial charge is 0.276 e. The van der Waals surface area contributed by atoms with Gasteiger partial charge in [0.05, 0.1) is 0 Å². The van der Waals surface area contributed by atoms with Crippen molar-refractivity contribution in [3.8, 4) is 0 Å². The molecule has 1 rings (SSSR count). The highest BCUT2D eigenvalue weighted by Gasteiger charge is 2.26. The van der Waals surface area contributed by atoms with Crippen LogP contribution in [-0.2, 0) is 14.4 Å². The minimum absolute atomic E-state index is 0.290. The number of thioether (sulfide) groups is 1. The molecule has 2 amide bonds. The highest BCUT2D eigenvalue weighted by Crippen LogP contribution is 2.10. The Morgan fingerprint density at radius 3 is 2.70 bits per heavy atom. The molecule has 0 saturated carbocycles. The molecule has 0 spiro atoms. The fourth-order valence-electron chi connectivity index (χ4n) is 0.590. The van der Waals surface area contributed by atoms with Crippen LogP contribution in [0.5, 0.6) is 0 Å². The summed E-state index contributed by atoms with van der Waals surface area (Å²) in [6.07, 6.45) is 1.38. The first-order valence-electron chi connectivity index (χ1n) is 2.62. The van der Waals surface area contributed by atoms with Crippen molar-refractivity contribution in [1.82, 2.24) is 4.90 Å². The first-order valence-corrected chi connectivity index (χ1v) is 3.60. The summed E-state index contributed by atoms with van der Waals surface area (Å²) in [5.74, 6) is -0.272. The van der Waals surface area contributed by atoms with E-state index in [1.165, 1.54) is 6.41 Å². The Morgan fingerprint density at radius 2 is 2.20 bits per heavy atom. The Labute approximate surface area is 61.6 Å². The van der Waals surface area contributed by atoms with Crippen molar-refractivity contribution in [3.05, 3.63) is 0 Å². The maximum Gasteiger partial charge on any atom is 0.319 e. The summed E-state index contributed by atoms with van der Waals surface area (Å²) in [6.45, 7) is 0.290. The van der Waals surface area contributed by atoms with Gasteiger partial charge in [0.15, 0.2) is 0 Å². The van der Waals surface area contributed by atoms with Crippen LogP contribution >= 0.6 is 11.8 Å². The summed E-state index contributed by atoms with van der Waals surface area (Å²) in [4.78, 5) is 31.9. The lowest BCUT2D eigenvalue weighted by Gasteiger charge is -2.16. The van der Waals surface area contributed by atoms with Crippen LogP contribution in [-0.4, -0.2) is 34.6 Å². The van der Waals surface area contributed by atoms with Gasteiger partial charge in [-0.2, -0.15) is 0 Å². The second-order valence-corrected chi connectivity index (χ2v) is 2.75. The van der Waals surface area contributed by atoms with E-state index in [0.717, 1.165) is 16.7 Å². The van der Waals surface area contributed by atoms with Gasteiger partial charge < -0.3 is 0 Å². The first kappa shape index (κ1) is 7.27. The van der Waals surface area contributed by atoms with Crippen LogP contribution in [0.15, 0.2) is 0 Å². The van der Waals surface area contributed by atoms with Gasteiger partial charge in [-0.3, -0.25) is 19.3 Å². The van der Waals surface area contributed by atoms with Crippen molar-refractivity contribution >= 4 is 29.2 Å². The number of rotatable bonds is 1. The van der Waals surface area contributed by atoms with Crippen LogP contribution in [0.3, 0.4) is 0 Å². The van der Waals surface area contributed by atoms with E-state index in [-0.39, 0.29) is 0 Å². The van der Waals surface area contributed by atoms with Gasteiger partial charge in [-0.1, -0.05) is 11.8 Å². The Morgan fingerprint density at radius 1 is 1.50 bits per heavy atom. The highest BCUT2D eigenvalue weighted by molar-refractivity contribution is 8.15. The van der Waals surface area contributed by atoms with E-state index in [1.807, 2.05) is 0 Å². The van der Waals surface area contributed by atoms with E-state index < -0.39 is 11.0 Å². The zero-order chi connectivity index (χ0) is 7.56. The van der Waals surface area contributed by atoms with Gasteiger partial charge in [0, 0.05) is 12.3 Å². The number of hydrogen-bond donors (Lipinski definition) is 0. The molecule has 0 unspecified atom stereocenters. The van der Waals surface area contributed by atoms with E-state index in [9.17, 15) is 14.4 Å². The van der Waals surface area contributed by atoms with Crippen LogP contribution in [0.4, 0.5) is 0 Å². The molecule has 1 heterocycles. The average Bonchev–Trinajstić information content (AvgIpc) is 1.95. The molecule has 0 atom stereocenters. The Hall–Kier alpha value is -0.840. The number of imide groups is 1. The van der Waals surface area contributed by atoms with Crippen molar-refractivity contribution in [2.45, 2.75) is 0 Å². The van der Waals surface area contributed by atoms with Crippen molar-refractivity contribution < 1.29 is 14.4 Å². The molecule has 1 radical (unpaired) electrons. The molecular formula is C5H4NO3S. The lowest BCUT2D eigenvalue weighted by Crippen LogP contribution is -2.39. The van der Waals surface area contributed by atoms with E-state index in [0.29, 0.717) is 12.3 Å². The third kappa shape index (κ3) is 1.18. The minimum Gasteiger partial charge on any atom is -0.276 e. The van der Waals surface area contributed by atoms with Crippen LogP contribution in [0.1, 0.15) is 0 Å². The summed E-state index contributed by atoms with van der Waals surface area (Å²) >= 11 is 0.936. The zero-order valence-electron chi connectivity index (χ0n) is 4.99. The van der Waals surface area contributed by atoms with Crippen LogP contribution in [0.25, 0.3) is 0 Å². The van der Waals surface area contributed by atoms with Gasteiger partial charge in [-0.15, -0.1) is 0 Å². The Bertz CT molecular complexity index is 191. The second kappa shape index (κ2) is 2.83. The SMILES string of the molecule is O=[C]N1CCSC(=O)C1=O. The second-order valence-electron chi connectivity index (χ2n) is 1.68. The predicted molar refractivity (Wildman–Crippen MR) is 34.9 cm³/mol. The molecule has 1 aliphatic heterocycles. The summed E-state index contributed by atoms with van der Waals surface area (Å²) in [5.41, 5.74) is 0. The van der Waals surface area contributed by atoms with Gasteiger partial charge >= 0.3 is 12.3 Å². The summed E-state index contributed by atoms with van der Waals surface area (Å²) in [7, 11) is 0. The zero-order valence-corrected chi connectivity index (χ0v) is 5.81. The minimum atomic E-state index is -0.758. The molecule has 0 bridgehead atoms. The summed E-state index contributed by atoms with van der Waals surface area (Å²) in [6, 6.07) is 0. The molecule has 4 nitrogen and oxygen atoms in total. The van der Waals surface area contributed by atoms with Crippen molar-refractivity contribution in [2.24, 2.45) is 0 Å². The third-order valence-electron chi connectivity index (χ3n) is 1.08. The summed E-state index contributed by atoms with van der Waals surface area (Å²) < 4.78 is 0. The predicted octanol–water partition coefficient (Wildman–Crippen LogP) is -0.844. The van der Waals surface area contributed by atoms with Crippen LogP contribution in [0.2, 0.25) is 0 Å². The number of hydrogen-bond acceptors (Lipinski definition) is 4. The normalized spacial score (nSPS) is 19.4. The van der Waals surface area contributed by atoms with Gasteiger partial charge in [-0.25, -0.2) is 0 Å². The number of carbonyl (C=O) groups is 2. The molecule has 1 fully saturated rings. The Balaban J connectivity index is 2.68. The molecule has 10 heavy (non-hydrogen) atoms. The maximum absolute atomic E-state index is 10.6. The molecule has 0 aromatic carbocycles. The van der Waals surface area contributed by atoms with Gasteiger partial charge in [0.25, 0.3) is 5.12 Å². The molecule has 0 aliphatic carbocycles. The molecule has 1 aliphatic rings. The molecule has 0 aromatic rings. The lowest BCUT2D eigenvalue weighted by molar-refractivity contribution is -0.137. The number of carbonyl (C=O) groups excluding carboxylic acids is 3.